The topological polar surface area (TPSA) is 78.0 Å². The van der Waals surface area contributed by atoms with Crippen molar-refractivity contribution < 1.29 is 8.42 Å². The number of thiophene rings is 1. The monoisotopic (exact) mass is 279 g/mol. The number of benzene rings is 1. The van der Waals surface area contributed by atoms with Gasteiger partial charge in [-0.2, -0.15) is 8.42 Å². The first-order valence-corrected chi connectivity index (χ1v) is 7.45. The molecular formula is C11H9N3O2S2. The van der Waals surface area contributed by atoms with Crippen LogP contribution in [0.3, 0.4) is 0 Å². The molecular weight excluding hydrogens is 270 g/mol. The number of rotatable bonds is 2. The predicted molar refractivity (Wildman–Crippen MR) is 71.0 cm³/mol. The van der Waals surface area contributed by atoms with Gasteiger partial charge in [0.05, 0.1) is 11.0 Å². The number of nitrogens with two attached hydrogens (primary N) is 1. The van der Waals surface area contributed by atoms with Gasteiger partial charge in [-0.25, -0.2) is 8.96 Å². The van der Waals surface area contributed by atoms with Crippen molar-refractivity contribution in [3.8, 4) is 0 Å². The third kappa shape index (κ3) is 1.52. The second kappa shape index (κ2) is 3.82. The third-order valence-corrected chi connectivity index (χ3v) is 5.62. The first-order chi connectivity index (χ1) is 8.60. The maximum Gasteiger partial charge on any atom is 0.280 e. The third-order valence-electron chi connectivity index (χ3n) is 2.53. The Morgan fingerprint density at radius 2 is 1.94 bits per heavy atom. The lowest BCUT2D eigenvalue weighted by Crippen LogP contribution is -2.14. The van der Waals surface area contributed by atoms with Crippen LogP contribution in [-0.2, 0) is 10.0 Å². The summed E-state index contributed by atoms with van der Waals surface area (Å²) >= 11 is 1.15. The average molecular weight is 279 g/mol. The highest BCUT2D eigenvalue weighted by atomic mass is 32.2. The summed E-state index contributed by atoms with van der Waals surface area (Å²) in [7, 11) is -3.66. The van der Waals surface area contributed by atoms with Crippen molar-refractivity contribution in [2.24, 2.45) is 0 Å². The summed E-state index contributed by atoms with van der Waals surface area (Å²) in [6.45, 7) is 0. The van der Waals surface area contributed by atoms with Crippen LogP contribution in [0.5, 0.6) is 0 Å². The molecule has 0 saturated heterocycles. The summed E-state index contributed by atoms with van der Waals surface area (Å²) in [5.41, 5.74) is 6.78. The van der Waals surface area contributed by atoms with Gasteiger partial charge in [0.1, 0.15) is 4.21 Å². The summed E-state index contributed by atoms with van der Waals surface area (Å²) in [6.07, 6.45) is 0. The number of hydrogen-bond donors (Lipinski definition) is 1. The molecule has 0 atom stereocenters. The van der Waals surface area contributed by atoms with Crippen LogP contribution >= 0.6 is 11.3 Å². The van der Waals surface area contributed by atoms with Crippen molar-refractivity contribution in [2.45, 2.75) is 4.21 Å². The molecule has 0 amide bonds. The summed E-state index contributed by atoms with van der Waals surface area (Å²) in [5.74, 6) is -0.0235. The van der Waals surface area contributed by atoms with Gasteiger partial charge in [-0.3, -0.25) is 0 Å². The van der Waals surface area contributed by atoms with Gasteiger partial charge in [-0.15, -0.1) is 11.3 Å². The van der Waals surface area contributed by atoms with Crippen molar-refractivity contribution in [3.63, 3.8) is 0 Å². The molecule has 0 aliphatic rings. The molecule has 2 N–H and O–H groups in total. The van der Waals surface area contributed by atoms with Gasteiger partial charge in [0.15, 0.2) is 0 Å². The lowest BCUT2D eigenvalue weighted by Gasteiger charge is -2.05. The zero-order chi connectivity index (χ0) is 12.8. The Balaban J connectivity index is 2.36. The smallest absolute Gasteiger partial charge is 0.280 e. The molecule has 0 bridgehead atoms. The second-order valence-electron chi connectivity index (χ2n) is 3.66. The maximum atomic E-state index is 12.4. The number of hydrogen-bond acceptors (Lipinski definition) is 5. The minimum Gasteiger partial charge on any atom is -0.368 e. The summed E-state index contributed by atoms with van der Waals surface area (Å²) in [5, 5.41) is 1.71. The fraction of sp³-hybridized carbons (Fsp3) is 0. The van der Waals surface area contributed by atoms with Gasteiger partial charge in [0.2, 0.25) is 5.95 Å². The molecule has 3 rings (SSSR count). The molecule has 5 nitrogen and oxygen atoms in total. The van der Waals surface area contributed by atoms with Gasteiger partial charge < -0.3 is 5.73 Å². The van der Waals surface area contributed by atoms with E-state index in [0.717, 1.165) is 15.3 Å². The highest BCUT2D eigenvalue weighted by molar-refractivity contribution is 7.92. The number of aromatic nitrogens is 2. The Hall–Kier alpha value is -1.86. The van der Waals surface area contributed by atoms with E-state index in [-0.39, 0.29) is 10.2 Å². The number of nitrogen functional groups attached to an aromatic ring is 1. The quantitative estimate of drug-likeness (QED) is 0.777. The largest absolute Gasteiger partial charge is 0.368 e. The Bertz CT molecular complexity index is 804. The van der Waals surface area contributed by atoms with Crippen molar-refractivity contribution in [1.29, 1.82) is 0 Å². The molecule has 7 heteroatoms. The van der Waals surface area contributed by atoms with E-state index in [1.807, 2.05) is 0 Å². The van der Waals surface area contributed by atoms with Gasteiger partial charge in [-0.05, 0) is 23.6 Å². The normalized spacial score (nSPS) is 12.0. The second-order valence-corrected chi connectivity index (χ2v) is 6.62. The maximum absolute atomic E-state index is 12.4. The van der Waals surface area contributed by atoms with E-state index in [1.54, 1.807) is 41.8 Å². The van der Waals surface area contributed by atoms with Crippen LogP contribution in [0.25, 0.3) is 11.0 Å². The molecule has 0 saturated carbocycles. The Morgan fingerprint density at radius 1 is 1.17 bits per heavy atom. The summed E-state index contributed by atoms with van der Waals surface area (Å²) in [4.78, 5) is 4.06. The van der Waals surface area contributed by atoms with Crippen LogP contribution in [0.15, 0.2) is 46.0 Å². The van der Waals surface area contributed by atoms with Crippen LogP contribution in [0.2, 0.25) is 0 Å². The first-order valence-electron chi connectivity index (χ1n) is 5.13. The van der Waals surface area contributed by atoms with E-state index in [1.165, 1.54) is 0 Å². The van der Waals surface area contributed by atoms with E-state index in [4.69, 9.17) is 5.73 Å². The fourth-order valence-electron chi connectivity index (χ4n) is 1.78. The van der Waals surface area contributed by atoms with Crippen LogP contribution in [0, 0.1) is 0 Å². The van der Waals surface area contributed by atoms with Crippen molar-refractivity contribution in [1.82, 2.24) is 8.96 Å². The molecule has 0 spiro atoms. The van der Waals surface area contributed by atoms with E-state index in [0.29, 0.717) is 11.0 Å². The lowest BCUT2D eigenvalue weighted by atomic mass is 10.3. The number of anilines is 1. The van der Waals surface area contributed by atoms with E-state index in [2.05, 4.69) is 4.98 Å². The Morgan fingerprint density at radius 3 is 2.67 bits per heavy atom. The molecule has 2 heterocycles. The summed E-state index contributed by atoms with van der Waals surface area (Å²) in [6, 6.07) is 10.2. The fourth-order valence-corrected chi connectivity index (χ4v) is 4.23. The highest BCUT2D eigenvalue weighted by Gasteiger charge is 2.23. The number of imidazole rings is 1. The van der Waals surface area contributed by atoms with Crippen LogP contribution in [0.4, 0.5) is 5.95 Å². The van der Waals surface area contributed by atoms with Gasteiger partial charge in [0, 0.05) is 0 Å². The molecule has 0 aliphatic heterocycles. The minimum atomic E-state index is -3.66. The van der Waals surface area contributed by atoms with E-state index < -0.39 is 10.0 Å². The average Bonchev–Trinajstić information content (AvgIpc) is 2.94. The van der Waals surface area contributed by atoms with E-state index in [9.17, 15) is 8.42 Å². The molecule has 18 heavy (non-hydrogen) atoms. The van der Waals surface area contributed by atoms with Crippen LogP contribution in [0.1, 0.15) is 0 Å². The molecule has 92 valence electrons. The van der Waals surface area contributed by atoms with E-state index >= 15 is 0 Å². The SMILES string of the molecule is Nc1nc2ccccc2n1S(=O)(=O)c1cccs1. The predicted octanol–water partition coefficient (Wildman–Crippen LogP) is 1.92. The number of fused-ring (bicyclic) bond motifs is 1. The highest BCUT2D eigenvalue weighted by Crippen LogP contribution is 2.26. The Kier molecular flexibility index (Phi) is 2.39. The first kappa shape index (κ1) is 11.2. The molecule has 0 radical (unpaired) electrons. The van der Waals surface area contributed by atoms with Crippen molar-refractivity contribution >= 4 is 38.3 Å². The minimum absolute atomic E-state index is 0.0235. The molecule has 1 aromatic carbocycles. The standard InChI is InChI=1S/C11H9N3O2S2/c12-11-13-8-4-1-2-5-9(8)14(11)18(15,16)10-6-3-7-17-10/h1-7H,(H2,12,13). The van der Waals surface area contributed by atoms with Crippen molar-refractivity contribution in [2.75, 3.05) is 5.73 Å². The number of nitrogens with zero attached hydrogens (tertiary/aromatic N) is 2. The summed E-state index contributed by atoms with van der Waals surface area (Å²) < 4.78 is 26.2. The van der Waals surface area contributed by atoms with Gasteiger partial charge >= 0.3 is 0 Å². The van der Waals surface area contributed by atoms with Gasteiger partial charge in [0.25, 0.3) is 10.0 Å². The number of para-hydroxylation sites is 2. The zero-order valence-electron chi connectivity index (χ0n) is 9.15. The molecule has 0 aliphatic carbocycles. The van der Waals surface area contributed by atoms with Crippen LogP contribution in [-0.4, -0.2) is 17.4 Å². The van der Waals surface area contributed by atoms with Crippen LogP contribution < -0.4 is 5.73 Å². The zero-order valence-corrected chi connectivity index (χ0v) is 10.8. The van der Waals surface area contributed by atoms with Crippen molar-refractivity contribution in [3.05, 3.63) is 41.8 Å². The molecule has 0 fully saturated rings. The molecule has 2 aromatic heterocycles. The Labute approximate surface area is 108 Å². The molecule has 0 unspecified atom stereocenters. The van der Waals surface area contributed by atoms with Gasteiger partial charge in [-0.1, -0.05) is 18.2 Å². The lowest BCUT2D eigenvalue weighted by molar-refractivity contribution is 0.591. The molecule has 3 aromatic rings.